The van der Waals surface area contributed by atoms with Crippen LogP contribution >= 0.6 is 0 Å². The highest BCUT2D eigenvalue weighted by molar-refractivity contribution is 5.91. The minimum absolute atomic E-state index is 0.168. The first-order chi connectivity index (χ1) is 19.9. The lowest BCUT2D eigenvalue weighted by atomic mass is 9.67. The van der Waals surface area contributed by atoms with E-state index < -0.39 is 0 Å². The van der Waals surface area contributed by atoms with Crippen LogP contribution < -0.4 is 23.7 Å². The number of phenols is 1. The van der Waals surface area contributed by atoms with E-state index in [9.17, 15) is 9.90 Å². The van der Waals surface area contributed by atoms with Gasteiger partial charge in [0.05, 0.1) is 28.4 Å². The van der Waals surface area contributed by atoms with Crippen molar-refractivity contribution in [1.29, 1.82) is 0 Å². The van der Waals surface area contributed by atoms with Gasteiger partial charge in [-0.3, -0.25) is 4.79 Å². The average Bonchev–Trinajstić information content (AvgIpc) is 2.99. The van der Waals surface area contributed by atoms with Gasteiger partial charge in [-0.25, -0.2) is 0 Å². The van der Waals surface area contributed by atoms with Crippen LogP contribution in [-0.4, -0.2) is 39.5 Å². The molecule has 41 heavy (non-hydrogen) atoms. The molecule has 5 rings (SSSR count). The van der Waals surface area contributed by atoms with Gasteiger partial charge >= 0.3 is 5.97 Å². The third kappa shape index (κ3) is 5.43. The van der Waals surface area contributed by atoms with Crippen molar-refractivity contribution in [2.45, 2.75) is 18.8 Å². The Bertz CT molecular complexity index is 1590. The number of hydrogen-bond acceptors (Lipinski definition) is 7. The molecule has 0 unspecified atom stereocenters. The van der Waals surface area contributed by atoms with Crippen molar-refractivity contribution in [2.75, 3.05) is 28.4 Å². The van der Waals surface area contributed by atoms with Crippen LogP contribution in [0.4, 0.5) is 0 Å². The minimum atomic E-state index is -0.375. The van der Waals surface area contributed by atoms with Gasteiger partial charge in [-0.15, -0.1) is 0 Å². The molecule has 7 heteroatoms. The third-order valence-electron chi connectivity index (χ3n) is 7.37. The molecule has 0 saturated heterocycles. The number of carbonyl (C=O) groups is 1. The van der Waals surface area contributed by atoms with Gasteiger partial charge in [0.1, 0.15) is 11.5 Å². The second-order valence-corrected chi connectivity index (χ2v) is 9.72. The number of fused-ring (bicyclic) bond motifs is 1. The highest BCUT2D eigenvalue weighted by atomic mass is 16.5. The summed E-state index contributed by atoms with van der Waals surface area (Å²) >= 11 is 0. The Morgan fingerprint density at radius 3 is 1.85 bits per heavy atom. The third-order valence-corrected chi connectivity index (χ3v) is 7.37. The van der Waals surface area contributed by atoms with E-state index in [1.54, 1.807) is 52.7 Å². The van der Waals surface area contributed by atoms with E-state index >= 15 is 0 Å². The van der Waals surface area contributed by atoms with E-state index in [1.807, 2.05) is 54.6 Å². The lowest BCUT2D eigenvalue weighted by Crippen LogP contribution is -2.20. The predicted molar refractivity (Wildman–Crippen MR) is 157 cm³/mol. The molecular weight excluding hydrogens is 520 g/mol. The molecule has 1 aliphatic carbocycles. The van der Waals surface area contributed by atoms with Crippen molar-refractivity contribution in [3.63, 3.8) is 0 Å². The van der Waals surface area contributed by atoms with Crippen molar-refractivity contribution in [3.8, 4) is 34.5 Å². The first-order valence-electron chi connectivity index (χ1n) is 13.1. The number of rotatable bonds is 8. The van der Waals surface area contributed by atoms with Gasteiger partial charge < -0.3 is 28.8 Å². The number of esters is 1. The molecule has 0 fully saturated rings. The van der Waals surface area contributed by atoms with Gasteiger partial charge in [-0.1, -0.05) is 36.4 Å². The zero-order chi connectivity index (χ0) is 29.1. The first kappa shape index (κ1) is 27.6. The summed E-state index contributed by atoms with van der Waals surface area (Å²) < 4.78 is 27.9. The molecule has 2 atom stereocenters. The molecule has 0 radical (unpaired) electrons. The molecule has 0 heterocycles. The Morgan fingerprint density at radius 2 is 1.24 bits per heavy atom. The highest BCUT2D eigenvalue weighted by Gasteiger charge is 2.36. The van der Waals surface area contributed by atoms with Gasteiger partial charge in [0.15, 0.2) is 23.0 Å². The number of phenolic OH excluding ortho intramolecular Hbond substituents is 1. The van der Waals surface area contributed by atoms with Gasteiger partial charge in [0.2, 0.25) is 0 Å². The Morgan fingerprint density at radius 1 is 0.659 bits per heavy atom. The summed E-state index contributed by atoms with van der Waals surface area (Å²) in [5.74, 6) is 2.46. The van der Waals surface area contributed by atoms with Gasteiger partial charge in [-0.2, -0.15) is 0 Å². The van der Waals surface area contributed by atoms with E-state index in [0.717, 1.165) is 33.4 Å². The quantitative estimate of drug-likeness (QED) is 0.190. The van der Waals surface area contributed by atoms with Crippen LogP contribution in [-0.2, 0) is 4.79 Å². The number of benzene rings is 4. The van der Waals surface area contributed by atoms with E-state index in [4.69, 9.17) is 23.7 Å². The summed E-state index contributed by atoms with van der Waals surface area (Å²) in [5, 5.41) is 10.1. The lowest BCUT2D eigenvalue weighted by molar-refractivity contribution is -0.131. The second-order valence-electron chi connectivity index (χ2n) is 9.72. The molecule has 0 aromatic heterocycles. The molecule has 210 valence electrons. The summed E-state index contributed by atoms with van der Waals surface area (Å²) in [6.45, 7) is 1.38. The number of carbonyl (C=O) groups excluding carboxylic acids is 1. The van der Waals surface area contributed by atoms with Crippen LogP contribution in [0.5, 0.6) is 34.5 Å². The van der Waals surface area contributed by atoms with Crippen molar-refractivity contribution >= 4 is 17.6 Å². The summed E-state index contributed by atoms with van der Waals surface area (Å²) in [6, 6.07) is 24.8. The topological polar surface area (TPSA) is 83.5 Å². The molecule has 1 aliphatic rings. The summed E-state index contributed by atoms with van der Waals surface area (Å²) in [6.07, 6.45) is 2.16. The molecule has 7 nitrogen and oxygen atoms in total. The van der Waals surface area contributed by atoms with Crippen molar-refractivity contribution in [2.24, 2.45) is 0 Å². The predicted octanol–water partition coefficient (Wildman–Crippen LogP) is 6.82. The highest BCUT2D eigenvalue weighted by Crippen LogP contribution is 2.54. The van der Waals surface area contributed by atoms with Crippen LogP contribution in [0, 0.1) is 0 Å². The molecule has 4 aromatic carbocycles. The summed E-state index contributed by atoms with van der Waals surface area (Å²) in [7, 11) is 6.49. The fourth-order valence-corrected chi connectivity index (χ4v) is 5.54. The van der Waals surface area contributed by atoms with Crippen LogP contribution in [0.15, 0.2) is 78.9 Å². The Kier molecular flexibility index (Phi) is 7.88. The normalized spacial score (nSPS) is 15.8. The Balaban J connectivity index is 1.79. The average molecular weight is 553 g/mol. The second kappa shape index (κ2) is 11.7. The Labute approximate surface area is 239 Å². The van der Waals surface area contributed by atoms with Crippen LogP contribution in [0.3, 0.4) is 0 Å². The maximum Gasteiger partial charge on any atom is 0.308 e. The summed E-state index contributed by atoms with van der Waals surface area (Å²) in [5.41, 5.74) is 6.06. The Hall–Kier alpha value is -4.91. The number of aromatic hydroxyl groups is 1. The van der Waals surface area contributed by atoms with E-state index in [2.05, 4.69) is 6.08 Å². The number of hydrogen-bond donors (Lipinski definition) is 1. The lowest BCUT2D eigenvalue weighted by Gasteiger charge is -2.36. The number of methoxy groups -OCH3 is 4. The zero-order valence-corrected chi connectivity index (χ0v) is 23.6. The van der Waals surface area contributed by atoms with E-state index in [-0.39, 0.29) is 23.6 Å². The SMILES string of the molecule is COc1ccc([C@H]2c3cc(OC)c(OC)cc3C=C(c3ccc(OC(C)=O)cc3)[C@H]2c2ccc(O)cc2)cc1OC. The molecule has 0 saturated carbocycles. The summed E-state index contributed by atoms with van der Waals surface area (Å²) in [4.78, 5) is 11.5. The number of ether oxygens (including phenoxy) is 5. The van der Waals surface area contributed by atoms with Crippen LogP contribution in [0.2, 0.25) is 0 Å². The molecule has 0 amide bonds. The number of allylic oxidation sites excluding steroid dienone is 1. The minimum Gasteiger partial charge on any atom is -0.508 e. The molecule has 1 N–H and O–H groups in total. The smallest absolute Gasteiger partial charge is 0.308 e. The van der Waals surface area contributed by atoms with Crippen LogP contribution in [0.25, 0.3) is 11.6 Å². The molecule has 0 aliphatic heterocycles. The molecule has 0 spiro atoms. The van der Waals surface area contributed by atoms with Crippen molar-refractivity contribution in [3.05, 3.63) is 107 Å². The van der Waals surface area contributed by atoms with Crippen LogP contribution in [0.1, 0.15) is 46.6 Å². The van der Waals surface area contributed by atoms with Gasteiger partial charge in [-0.05, 0) is 81.9 Å². The maximum absolute atomic E-state index is 11.5. The van der Waals surface area contributed by atoms with E-state index in [0.29, 0.717) is 28.7 Å². The molecular formula is C34H32O7. The van der Waals surface area contributed by atoms with Crippen molar-refractivity contribution in [1.82, 2.24) is 0 Å². The monoisotopic (exact) mass is 552 g/mol. The fraction of sp³-hybridized carbons (Fsp3) is 0.206. The van der Waals surface area contributed by atoms with Gasteiger partial charge in [0.25, 0.3) is 0 Å². The largest absolute Gasteiger partial charge is 0.508 e. The van der Waals surface area contributed by atoms with Gasteiger partial charge in [0, 0.05) is 18.8 Å². The zero-order valence-electron chi connectivity index (χ0n) is 23.6. The molecule has 4 aromatic rings. The first-order valence-corrected chi connectivity index (χ1v) is 13.1. The fourth-order valence-electron chi connectivity index (χ4n) is 5.54. The van der Waals surface area contributed by atoms with E-state index in [1.165, 1.54) is 6.92 Å². The standard InChI is InChI=1S/C34H32O7/c1-20(35)41-26-13-8-21(9-14-26)27-16-24-18-31(39-4)32(40-5)19-28(24)34(33(27)22-6-11-25(36)12-7-22)23-10-15-29(37-2)30(17-23)38-3/h6-19,33-34,36H,1-5H3/t33-,34+/m1/s1. The maximum atomic E-state index is 11.5. The van der Waals surface area contributed by atoms with Crippen molar-refractivity contribution < 1.29 is 33.6 Å². The molecule has 0 bridgehead atoms.